The van der Waals surface area contributed by atoms with Crippen LogP contribution >= 0.6 is 0 Å². The number of hydrogen-bond donors (Lipinski definition) is 1. The van der Waals surface area contributed by atoms with Gasteiger partial charge in [0, 0.05) is 31.7 Å². The second-order valence-corrected chi connectivity index (χ2v) is 6.22. The molecule has 2 nitrogen and oxygen atoms in total. The lowest BCUT2D eigenvalue weighted by Gasteiger charge is -2.43. The van der Waals surface area contributed by atoms with Crippen molar-refractivity contribution in [1.82, 2.24) is 10.2 Å². The number of piperazine rings is 1. The fourth-order valence-electron chi connectivity index (χ4n) is 2.86. The summed E-state index contributed by atoms with van der Waals surface area (Å²) in [4.78, 5) is 2.52. The number of nitrogens with one attached hydrogen (secondary N) is 1. The molecule has 108 valence electrons. The molecule has 1 fully saturated rings. The van der Waals surface area contributed by atoms with Crippen molar-refractivity contribution in [3.8, 4) is 0 Å². The Bertz CT molecular complexity index is 221. The van der Waals surface area contributed by atoms with Gasteiger partial charge in [-0.2, -0.15) is 0 Å². The fourth-order valence-corrected chi connectivity index (χ4v) is 2.86. The van der Waals surface area contributed by atoms with Crippen LogP contribution in [0.5, 0.6) is 0 Å². The molecule has 0 saturated carbocycles. The summed E-state index contributed by atoms with van der Waals surface area (Å²) in [5.41, 5.74) is 0. The van der Waals surface area contributed by atoms with Crippen LogP contribution in [0.25, 0.3) is 0 Å². The van der Waals surface area contributed by atoms with Crippen LogP contribution in [0, 0.1) is 11.8 Å². The van der Waals surface area contributed by atoms with Crippen LogP contribution in [-0.4, -0.2) is 43.3 Å². The first-order valence-electron chi connectivity index (χ1n) is 7.61. The largest absolute Gasteiger partial charge is 0.311 e. The van der Waals surface area contributed by atoms with Crippen LogP contribution < -0.4 is 5.32 Å². The molecular weight excluding hydrogens is 227 g/mol. The average molecular weight is 258 g/mol. The van der Waals surface area contributed by atoms with Crippen LogP contribution in [0.1, 0.15) is 47.0 Å². The topological polar surface area (TPSA) is 15.3 Å². The predicted octanol–water partition coefficient (Wildman–Crippen LogP) is 3.08. The van der Waals surface area contributed by atoms with E-state index >= 15 is 0 Å². The monoisotopic (exact) mass is 258 g/mol. The number of nitrogens with zero attached hydrogens (tertiary/aromatic N) is 1. The molecule has 1 N–H and O–H groups in total. The van der Waals surface area contributed by atoms with Gasteiger partial charge in [0.25, 0.3) is 0 Å². The first-order chi connectivity index (χ1) is 8.58. The fraction of sp³-hybridized carbons (Fsp3) is 1.00. The Morgan fingerprint density at radius 1 is 1.33 bits per heavy atom. The molecule has 0 aromatic rings. The van der Waals surface area contributed by atoms with Crippen molar-refractivity contribution in [3.63, 3.8) is 0 Å². The average Bonchev–Trinajstić information content (AvgIpc) is 2.36. The summed E-state index contributed by atoms with van der Waals surface area (Å²) < 4.78 is 12.4. The van der Waals surface area contributed by atoms with Crippen molar-refractivity contribution in [3.05, 3.63) is 0 Å². The summed E-state index contributed by atoms with van der Waals surface area (Å²) >= 11 is 0. The van der Waals surface area contributed by atoms with Gasteiger partial charge in [-0.15, -0.1) is 0 Å². The maximum absolute atomic E-state index is 12.4. The van der Waals surface area contributed by atoms with Crippen molar-refractivity contribution in [1.29, 1.82) is 0 Å². The van der Waals surface area contributed by atoms with E-state index < -0.39 is 0 Å². The van der Waals surface area contributed by atoms with Crippen LogP contribution in [0.4, 0.5) is 4.39 Å². The van der Waals surface area contributed by atoms with E-state index in [4.69, 9.17) is 0 Å². The molecule has 0 radical (unpaired) electrons. The quantitative estimate of drug-likeness (QED) is 0.755. The molecule has 0 aliphatic carbocycles. The van der Waals surface area contributed by atoms with Gasteiger partial charge in [0.1, 0.15) is 0 Å². The van der Waals surface area contributed by atoms with Crippen LogP contribution in [0.3, 0.4) is 0 Å². The lowest BCUT2D eigenvalue weighted by Crippen LogP contribution is -2.58. The van der Waals surface area contributed by atoms with Gasteiger partial charge in [-0.05, 0) is 24.7 Å². The molecule has 1 heterocycles. The molecule has 0 amide bonds. The van der Waals surface area contributed by atoms with E-state index in [0.717, 1.165) is 19.6 Å². The first kappa shape index (κ1) is 15.9. The lowest BCUT2D eigenvalue weighted by molar-refractivity contribution is 0.0925. The SMILES string of the molecule is CCC(C)C1CN(CCCF)C(CC(C)C)CN1. The highest BCUT2D eigenvalue weighted by atomic mass is 19.1. The van der Waals surface area contributed by atoms with E-state index in [0.29, 0.717) is 30.3 Å². The van der Waals surface area contributed by atoms with Crippen LogP contribution in [-0.2, 0) is 0 Å². The van der Waals surface area contributed by atoms with E-state index in [-0.39, 0.29) is 6.67 Å². The highest BCUT2D eigenvalue weighted by Gasteiger charge is 2.29. The predicted molar refractivity (Wildman–Crippen MR) is 76.7 cm³/mol. The first-order valence-corrected chi connectivity index (χ1v) is 7.61. The Morgan fingerprint density at radius 2 is 2.06 bits per heavy atom. The third kappa shape index (κ3) is 4.85. The Morgan fingerprint density at radius 3 is 2.61 bits per heavy atom. The molecule has 3 atom stereocenters. The van der Waals surface area contributed by atoms with Gasteiger partial charge in [0.05, 0.1) is 6.67 Å². The minimum absolute atomic E-state index is 0.188. The van der Waals surface area contributed by atoms with Crippen molar-refractivity contribution in [2.24, 2.45) is 11.8 Å². The molecule has 0 aromatic carbocycles. The third-order valence-corrected chi connectivity index (χ3v) is 4.22. The lowest BCUT2D eigenvalue weighted by atomic mass is 9.92. The molecule has 0 spiro atoms. The molecule has 1 saturated heterocycles. The van der Waals surface area contributed by atoms with Gasteiger partial charge in [-0.25, -0.2) is 0 Å². The van der Waals surface area contributed by atoms with Gasteiger partial charge < -0.3 is 5.32 Å². The summed E-state index contributed by atoms with van der Waals surface area (Å²) in [5, 5.41) is 3.70. The second-order valence-electron chi connectivity index (χ2n) is 6.22. The summed E-state index contributed by atoms with van der Waals surface area (Å²) in [7, 11) is 0. The van der Waals surface area contributed by atoms with E-state index in [1.54, 1.807) is 0 Å². The molecule has 0 aromatic heterocycles. The Kier molecular flexibility index (Phi) is 7.16. The molecule has 1 aliphatic heterocycles. The molecule has 0 bridgehead atoms. The zero-order valence-electron chi connectivity index (χ0n) is 12.6. The number of rotatable bonds is 7. The molecule has 1 aliphatic rings. The molecule has 1 rings (SSSR count). The van der Waals surface area contributed by atoms with Gasteiger partial charge >= 0.3 is 0 Å². The van der Waals surface area contributed by atoms with Gasteiger partial charge in [0.2, 0.25) is 0 Å². The summed E-state index contributed by atoms with van der Waals surface area (Å²) in [6.07, 6.45) is 3.11. The standard InChI is InChI=1S/C15H31FN2/c1-5-13(4)15-11-18(8-6-7-16)14(10-17-15)9-12(2)3/h12-15,17H,5-11H2,1-4H3. The van der Waals surface area contributed by atoms with E-state index in [2.05, 4.69) is 37.9 Å². The van der Waals surface area contributed by atoms with Crippen LogP contribution in [0.2, 0.25) is 0 Å². The highest BCUT2D eigenvalue weighted by Crippen LogP contribution is 2.20. The van der Waals surface area contributed by atoms with Crippen molar-refractivity contribution in [2.75, 3.05) is 26.3 Å². The Labute approximate surface area is 112 Å². The van der Waals surface area contributed by atoms with Crippen LogP contribution in [0.15, 0.2) is 0 Å². The second kappa shape index (κ2) is 8.11. The minimum Gasteiger partial charge on any atom is -0.311 e. The zero-order chi connectivity index (χ0) is 13.5. The number of alkyl halides is 1. The molecule has 3 heteroatoms. The zero-order valence-corrected chi connectivity index (χ0v) is 12.6. The normalized spacial score (nSPS) is 27.7. The Hall–Kier alpha value is -0.150. The van der Waals surface area contributed by atoms with Gasteiger partial charge in [-0.3, -0.25) is 9.29 Å². The van der Waals surface area contributed by atoms with Gasteiger partial charge in [0.15, 0.2) is 0 Å². The summed E-state index contributed by atoms with van der Waals surface area (Å²) in [6.45, 7) is 12.0. The van der Waals surface area contributed by atoms with E-state index in [9.17, 15) is 4.39 Å². The van der Waals surface area contributed by atoms with E-state index in [1.807, 2.05) is 0 Å². The smallest absolute Gasteiger partial charge is 0.0906 e. The summed E-state index contributed by atoms with van der Waals surface area (Å²) in [6, 6.07) is 1.18. The van der Waals surface area contributed by atoms with Crippen molar-refractivity contribution >= 4 is 0 Å². The maximum atomic E-state index is 12.4. The van der Waals surface area contributed by atoms with E-state index in [1.165, 1.54) is 12.8 Å². The van der Waals surface area contributed by atoms with Gasteiger partial charge in [-0.1, -0.05) is 34.1 Å². The van der Waals surface area contributed by atoms with Crippen molar-refractivity contribution in [2.45, 2.75) is 59.0 Å². The number of halogens is 1. The Balaban J connectivity index is 2.54. The number of hydrogen-bond acceptors (Lipinski definition) is 2. The molecular formula is C15H31FN2. The highest BCUT2D eigenvalue weighted by molar-refractivity contribution is 4.88. The maximum Gasteiger partial charge on any atom is 0.0906 e. The van der Waals surface area contributed by atoms with Crippen molar-refractivity contribution < 1.29 is 4.39 Å². The molecule has 18 heavy (non-hydrogen) atoms. The molecule has 3 unspecified atom stereocenters. The minimum atomic E-state index is -0.188. The summed E-state index contributed by atoms with van der Waals surface area (Å²) in [5.74, 6) is 1.42. The third-order valence-electron chi connectivity index (χ3n) is 4.22.